The molecule has 0 saturated carbocycles. The highest BCUT2D eigenvalue weighted by atomic mass is 32.2. The van der Waals surface area contributed by atoms with Gasteiger partial charge in [-0.3, -0.25) is 9.36 Å². The highest BCUT2D eigenvalue weighted by molar-refractivity contribution is 7.99. The van der Waals surface area contributed by atoms with Crippen LogP contribution in [0.3, 0.4) is 0 Å². The molecule has 106 valence electrons. The molecule has 0 aliphatic carbocycles. The van der Waals surface area contributed by atoms with Gasteiger partial charge in [-0.25, -0.2) is 4.79 Å². The van der Waals surface area contributed by atoms with Gasteiger partial charge in [0.1, 0.15) is 0 Å². The Morgan fingerprint density at radius 3 is 2.68 bits per heavy atom. The Morgan fingerprint density at radius 1 is 1.32 bits per heavy atom. The lowest BCUT2D eigenvalue weighted by atomic mass is 10.0. The van der Waals surface area contributed by atoms with Crippen molar-refractivity contribution in [1.82, 2.24) is 14.5 Å². The second-order valence-corrected chi connectivity index (χ2v) is 6.32. The molecule has 0 radical (unpaired) electrons. The van der Waals surface area contributed by atoms with Crippen molar-refractivity contribution >= 4 is 11.8 Å². The quantitative estimate of drug-likeness (QED) is 0.864. The maximum Gasteiger partial charge on any atom is 0.330 e. The van der Waals surface area contributed by atoms with Crippen LogP contribution >= 0.6 is 11.8 Å². The summed E-state index contributed by atoms with van der Waals surface area (Å²) < 4.78 is 2.62. The summed E-state index contributed by atoms with van der Waals surface area (Å²) in [5.41, 5.74) is 0.169. The fourth-order valence-corrected chi connectivity index (χ4v) is 3.57. The van der Waals surface area contributed by atoms with E-state index >= 15 is 0 Å². The minimum Gasteiger partial charge on any atom is -0.312 e. The van der Waals surface area contributed by atoms with Crippen molar-refractivity contribution in [2.45, 2.75) is 19.4 Å². The zero-order valence-corrected chi connectivity index (χ0v) is 12.3. The molecule has 1 aliphatic rings. The molecule has 1 aromatic heterocycles. The number of nitrogens with zero attached hydrogens (tertiary/aromatic N) is 2. The molecule has 5 nitrogen and oxygen atoms in total. The molecule has 0 unspecified atom stereocenters. The van der Waals surface area contributed by atoms with Gasteiger partial charge in [0, 0.05) is 32.4 Å². The van der Waals surface area contributed by atoms with E-state index < -0.39 is 0 Å². The molecule has 6 heteroatoms. The summed E-state index contributed by atoms with van der Waals surface area (Å²) in [6.45, 7) is 1.48. The van der Waals surface area contributed by atoms with Crippen molar-refractivity contribution in [3.63, 3.8) is 0 Å². The largest absolute Gasteiger partial charge is 0.330 e. The Balaban J connectivity index is 1.96. The molecule has 2 rings (SSSR count). The minimum absolute atomic E-state index is 0.199. The van der Waals surface area contributed by atoms with E-state index in [0.717, 1.165) is 17.0 Å². The number of rotatable bonds is 4. The molecule has 1 N–H and O–H groups in total. The average molecular weight is 283 g/mol. The van der Waals surface area contributed by atoms with Crippen LogP contribution in [0.1, 0.15) is 18.4 Å². The summed E-state index contributed by atoms with van der Waals surface area (Å²) in [5, 5.41) is 3.35. The molecule has 0 bridgehead atoms. The number of hydrogen-bond acceptors (Lipinski definition) is 4. The SMILES string of the molecule is Cn1cc(CNCC2CCSCC2)c(=O)n(C)c1=O. The van der Waals surface area contributed by atoms with Gasteiger partial charge in [-0.1, -0.05) is 0 Å². The number of aryl methyl sites for hydroxylation is 1. The summed E-state index contributed by atoms with van der Waals surface area (Å²) in [5.74, 6) is 3.21. The number of aromatic nitrogens is 2. The van der Waals surface area contributed by atoms with E-state index in [1.165, 1.54) is 36.0 Å². The third-order valence-electron chi connectivity index (χ3n) is 3.61. The molecule has 19 heavy (non-hydrogen) atoms. The first kappa shape index (κ1) is 14.4. The first-order chi connectivity index (χ1) is 9.09. The van der Waals surface area contributed by atoms with Gasteiger partial charge in [-0.15, -0.1) is 0 Å². The summed E-state index contributed by atoms with van der Waals surface area (Å²) in [7, 11) is 3.19. The lowest BCUT2D eigenvalue weighted by Gasteiger charge is -2.21. The van der Waals surface area contributed by atoms with Crippen LogP contribution in [-0.4, -0.2) is 27.2 Å². The predicted octanol–water partition coefficient (Wildman–Crippen LogP) is 0.317. The molecule has 0 aromatic carbocycles. The smallest absolute Gasteiger partial charge is 0.312 e. The van der Waals surface area contributed by atoms with Gasteiger partial charge in [0.25, 0.3) is 5.56 Å². The normalized spacial score (nSPS) is 16.7. The molecule has 1 saturated heterocycles. The summed E-state index contributed by atoms with van der Waals surface area (Å²) in [6.07, 6.45) is 4.14. The van der Waals surface area contributed by atoms with Crippen molar-refractivity contribution in [2.75, 3.05) is 18.1 Å². The zero-order valence-electron chi connectivity index (χ0n) is 11.5. The Bertz CT molecular complexity index is 544. The third kappa shape index (κ3) is 3.51. The van der Waals surface area contributed by atoms with E-state index in [9.17, 15) is 9.59 Å². The van der Waals surface area contributed by atoms with Gasteiger partial charge < -0.3 is 9.88 Å². The Morgan fingerprint density at radius 2 is 2.00 bits per heavy atom. The van der Waals surface area contributed by atoms with E-state index in [0.29, 0.717) is 12.1 Å². The fourth-order valence-electron chi connectivity index (χ4n) is 2.37. The molecule has 0 amide bonds. The predicted molar refractivity (Wildman–Crippen MR) is 78.7 cm³/mol. The molecule has 0 atom stereocenters. The Labute approximate surface area is 117 Å². The Hall–Kier alpha value is -1.01. The maximum atomic E-state index is 11.9. The number of nitrogens with one attached hydrogen (secondary N) is 1. The lowest BCUT2D eigenvalue weighted by molar-refractivity contribution is 0.445. The molecule has 1 aromatic rings. The van der Waals surface area contributed by atoms with Crippen molar-refractivity contribution in [3.8, 4) is 0 Å². The van der Waals surface area contributed by atoms with Gasteiger partial charge in [0.05, 0.1) is 0 Å². The average Bonchev–Trinajstić information content (AvgIpc) is 2.43. The van der Waals surface area contributed by atoms with Crippen LogP contribution in [0.15, 0.2) is 15.8 Å². The Kier molecular flexibility index (Phi) is 4.87. The first-order valence-corrected chi connectivity index (χ1v) is 7.79. The molecular formula is C13H21N3O2S. The topological polar surface area (TPSA) is 56.0 Å². The van der Waals surface area contributed by atoms with Crippen LogP contribution in [0.25, 0.3) is 0 Å². The van der Waals surface area contributed by atoms with Crippen molar-refractivity contribution < 1.29 is 0 Å². The second kappa shape index (κ2) is 6.43. The van der Waals surface area contributed by atoms with E-state index in [2.05, 4.69) is 5.32 Å². The van der Waals surface area contributed by atoms with Crippen LogP contribution in [0, 0.1) is 5.92 Å². The van der Waals surface area contributed by atoms with Gasteiger partial charge >= 0.3 is 5.69 Å². The van der Waals surface area contributed by atoms with Crippen LogP contribution in [0.5, 0.6) is 0 Å². The number of hydrogen-bond donors (Lipinski definition) is 1. The molecule has 2 heterocycles. The van der Waals surface area contributed by atoms with Crippen LogP contribution < -0.4 is 16.6 Å². The van der Waals surface area contributed by atoms with Crippen LogP contribution in [-0.2, 0) is 20.6 Å². The summed E-state index contributed by atoms with van der Waals surface area (Å²) in [6, 6.07) is 0. The standard InChI is InChI=1S/C13H21N3O2S/c1-15-9-11(12(17)16(2)13(15)18)8-14-7-10-3-5-19-6-4-10/h9-10,14H,3-8H2,1-2H3. The van der Waals surface area contributed by atoms with E-state index in [-0.39, 0.29) is 11.2 Å². The van der Waals surface area contributed by atoms with Crippen molar-refractivity contribution in [1.29, 1.82) is 0 Å². The van der Waals surface area contributed by atoms with E-state index in [1.54, 1.807) is 13.2 Å². The third-order valence-corrected chi connectivity index (χ3v) is 4.66. The van der Waals surface area contributed by atoms with Gasteiger partial charge in [-0.2, -0.15) is 11.8 Å². The fraction of sp³-hybridized carbons (Fsp3) is 0.692. The van der Waals surface area contributed by atoms with Crippen LogP contribution in [0.4, 0.5) is 0 Å². The first-order valence-electron chi connectivity index (χ1n) is 6.63. The number of thioether (sulfide) groups is 1. The van der Waals surface area contributed by atoms with Gasteiger partial charge in [0.2, 0.25) is 0 Å². The summed E-state index contributed by atoms with van der Waals surface area (Å²) in [4.78, 5) is 23.5. The van der Waals surface area contributed by atoms with E-state index in [1.807, 2.05) is 11.8 Å². The monoisotopic (exact) mass is 283 g/mol. The molecular weight excluding hydrogens is 262 g/mol. The summed E-state index contributed by atoms with van der Waals surface area (Å²) >= 11 is 2.02. The maximum absolute atomic E-state index is 11.9. The highest BCUT2D eigenvalue weighted by Gasteiger charge is 2.13. The van der Waals surface area contributed by atoms with Gasteiger partial charge in [-0.05, 0) is 36.8 Å². The molecule has 1 fully saturated rings. The van der Waals surface area contributed by atoms with Crippen molar-refractivity contribution in [3.05, 3.63) is 32.6 Å². The second-order valence-electron chi connectivity index (χ2n) is 5.10. The minimum atomic E-state index is -0.280. The highest BCUT2D eigenvalue weighted by Crippen LogP contribution is 2.21. The van der Waals surface area contributed by atoms with Crippen molar-refractivity contribution in [2.24, 2.45) is 20.0 Å². The van der Waals surface area contributed by atoms with Crippen LogP contribution in [0.2, 0.25) is 0 Å². The van der Waals surface area contributed by atoms with Gasteiger partial charge in [0.15, 0.2) is 0 Å². The molecule has 0 spiro atoms. The lowest BCUT2D eigenvalue weighted by Crippen LogP contribution is -2.40. The zero-order chi connectivity index (χ0) is 13.8. The molecule has 1 aliphatic heterocycles. The van der Waals surface area contributed by atoms with E-state index in [4.69, 9.17) is 0 Å².